The Balaban J connectivity index is 1.46. The van der Waals surface area contributed by atoms with Crippen LogP contribution in [-0.4, -0.2) is 31.2 Å². The zero-order valence-electron chi connectivity index (χ0n) is 17.2. The number of ether oxygens (including phenoxy) is 1. The SMILES string of the molecule is COc1ccc([C@H]2Cc3[nH]c4ccccc4c3[C@@H](CCNCC3CC3)[C@@H]2N)cc1. The number of hydrogen-bond donors (Lipinski definition) is 3. The molecule has 1 saturated carbocycles. The van der Waals surface area contributed by atoms with Crippen LogP contribution in [0.2, 0.25) is 0 Å². The minimum atomic E-state index is 0.109. The lowest BCUT2D eigenvalue weighted by molar-refractivity contribution is 0.390. The average molecular weight is 390 g/mol. The van der Waals surface area contributed by atoms with Crippen molar-refractivity contribution in [3.63, 3.8) is 0 Å². The molecule has 2 aromatic carbocycles. The molecule has 4 heteroatoms. The first-order valence-corrected chi connectivity index (χ1v) is 10.9. The summed E-state index contributed by atoms with van der Waals surface area (Å²) in [6.45, 7) is 2.19. The molecule has 4 nitrogen and oxygen atoms in total. The van der Waals surface area contributed by atoms with Gasteiger partial charge in [0.1, 0.15) is 5.75 Å². The largest absolute Gasteiger partial charge is 0.497 e. The van der Waals surface area contributed by atoms with Crippen molar-refractivity contribution < 1.29 is 4.74 Å². The lowest BCUT2D eigenvalue weighted by atomic mass is 9.71. The van der Waals surface area contributed by atoms with Gasteiger partial charge in [0.2, 0.25) is 0 Å². The maximum Gasteiger partial charge on any atom is 0.118 e. The molecule has 2 aliphatic carbocycles. The average Bonchev–Trinajstić information content (AvgIpc) is 3.51. The van der Waals surface area contributed by atoms with Crippen LogP contribution in [0.4, 0.5) is 0 Å². The van der Waals surface area contributed by atoms with Gasteiger partial charge in [0.15, 0.2) is 0 Å². The van der Waals surface area contributed by atoms with Crippen molar-refractivity contribution >= 4 is 10.9 Å². The van der Waals surface area contributed by atoms with Crippen LogP contribution in [0.1, 0.15) is 47.9 Å². The summed E-state index contributed by atoms with van der Waals surface area (Å²) in [5.74, 6) is 2.47. The molecule has 5 rings (SSSR count). The van der Waals surface area contributed by atoms with E-state index in [0.29, 0.717) is 11.8 Å². The van der Waals surface area contributed by atoms with E-state index in [1.165, 1.54) is 40.6 Å². The molecule has 152 valence electrons. The molecule has 2 aliphatic rings. The molecule has 1 heterocycles. The molecular formula is C25H31N3O. The first-order chi connectivity index (χ1) is 14.2. The Morgan fingerprint density at radius 1 is 1.10 bits per heavy atom. The molecule has 0 aliphatic heterocycles. The highest BCUT2D eigenvalue weighted by Crippen LogP contribution is 2.44. The molecule has 1 fully saturated rings. The first kappa shape index (κ1) is 18.7. The molecule has 0 bridgehead atoms. The van der Waals surface area contributed by atoms with E-state index < -0.39 is 0 Å². The van der Waals surface area contributed by atoms with Crippen molar-refractivity contribution in [2.45, 2.75) is 43.6 Å². The Morgan fingerprint density at radius 2 is 1.90 bits per heavy atom. The Morgan fingerprint density at radius 3 is 2.66 bits per heavy atom. The van der Waals surface area contributed by atoms with Gasteiger partial charge in [-0.2, -0.15) is 0 Å². The Hall–Kier alpha value is -2.30. The molecule has 0 amide bonds. The van der Waals surface area contributed by atoms with E-state index in [1.807, 2.05) is 0 Å². The van der Waals surface area contributed by atoms with Crippen LogP contribution < -0.4 is 15.8 Å². The number of H-pyrrole nitrogens is 1. The fraction of sp³-hybridized carbons (Fsp3) is 0.440. The van der Waals surface area contributed by atoms with Crippen LogP contribution in [0, 0.1) is 5.92 Å². The minimum absolute atomic E-state index is 0.109. The fourth-order valence-electron chi connectivity index (χ4n) is 5.05. The molecule has 1 aromatic heterocycles. The molecular weight excluding hydrogens is 358 g/mol. The van der Waals surface area contributed by atoms with Crippen LogP contribution >= 0.6 is 0 Å². The van der Waals surface area contributed by atoms with Crippen molar-refractivity contribution in [2.75, 3.05) is 20.2 Å². The highest BCUT2D eigenvalue weighted by atomic mass is 16.5. The molecule has 3 aromatic rings. The molecule has 3 atom stereocenters. The molecule has 0 unspecified atom stereocenters. The number of fused-ring (bicyclic) bond motifs is 3. The highest BCUT2D eigenvalue weighted by Gasteiger charge is 2.37. The zero-order valence-corrected chi connectivity index (χ0v) is 17.2. The monoisotopic (exact) mass is 389 g/mol. The number of methoxy groups -OCH3 is 1. The molecule has 0 spiro atoms. The highest BCUT2D eigenvalue weighted by molar-refractivity contribution is 5.85. The van der Waals surface area contributed by atoms with Crippen LogP contribution in [0.25, 0.3) is 10.9 Å². The maximum atomic E-state index is 6.97. The van der Waals surface area contributed by atoms with Crippen LogP contribution in [0.15, 0.2) is 48.5 Å². The van der Waals surface area contributed by atoms with Gasteiger partial charge in [-0.1, -0.05) is 30.3 Å². The molecule has 4 N–H and O–H groups in total. The van der Waals surface area contributed by atoms with Gasteiger partial charge in [-0.25, -0.2) is 0 Å². The summed E-state index contributed by atoms with van der Waals surface area (Å²) >= 11 is 0. The van der Waals surface area contributed by atoms with E-state index in [1.54, 1.807) is 7.11 Å². The third-order valence-electron chi connectivity index (χ3n) is 6.86. The first-order valence-electron chi connectivity index (χ1n) is 10.9. The van der Waals surface area contributed by atoms with E-state index in [-0.39, 0.29) is 6.04 Å². The number of aromatic nitrogens is 1. The Bertz CT molecular complexity index is 973. The fourth-order valence-corrected chi connectivity index (χ4v) is 5.05. The second-order valence-corrected chi connectivity index (χ2v) is 8.77. The summed E-state index contributed by atoms with van der Waals surface area (Å²) in [6.07, 6.45) is 4.82. The summed E-state index contributed by atoms with van der Waals surface area (Å²) in [5, 5.41) is 5.02. The maximum absolute atomic E-state index is 6.97. The van der Waals surface area contributed by atoms with Gasteiger partial charge in [0, 0.05) is 34.5 Å². The summed E-state index contributed by atoms with van der Waals surface area (Å²) in [6, 6.07) is 17.2. The predicted molar refractivity (Wildman–Crippen MR) is 119 cm³/mol. The van der Waals surface area contributed by atoms with E-state index in [2.05, 4.69) is 58.8 Å². The topological polar surface area (TPSA) is 63.1 Å². The normalized spacial score (nSPS) is 23.9. The minimum Gasteiger partial charge on any atom is -0.497 e. The van der Waals surface area contributed by atoms with Gasteiger partial charge >= 0.3 is 0 Å². The number of benzene rings is 2. The van der Waals surface area contributed by atoms with Gasteiger partial charge < -0.3 is 20.8 Å². The van der Waals surface area contributed by atoms with Crippen LogP contribution in [-0.2, 0) is 6.42 Å². The van der Waals surface area contributed by atoms with Crippen molar-refractivity contribution in [1.29, 1.82) is 0 Å². The Labute approximate surface area is 172 Å². The molecule has 29 heavy (non-hydrogen) atoms. The van der Waals surface area contributed by atoms with Gasteiger partial charge in [-0.15, -0.1) is 0 Å². The number of nitrogens with two attached hydrogens (primary N) is 1. The standard InChI is InChI=1S/C25H31N3O/c1-29-18-10-8-17(9-11-18)21-14-23-24(19-4-2-3-5-22(19)28-23)20(25(21)26)12-13-27-15-16-6-7-16/h2-5,8-11,16,20-21,25,27-28H,6-7,12-15,26H2,1H3/t20-,21-,25+/m1/s1. The van der Waals surface area contributed by atoms with Gasteiger partial charge in [-0.05, 0) is 74.0 Å². The number of hydrogen-bond acceptors (Lipinski definition) is 3. The molecule has 0 radical (unpaired) electrons. The predicted octanol–water partition coefficient (Wildman–Crippen LogP) is 4.32. The molecule has 0 saturated heterocycles. The van der Waals surface area contributed by atoms with Gasteiger partial charge in [0.05, 0.1) is 7.11 Å². The lowest BCUT2D eigenvalue weighted by Crippen LogP contribution is -2.41. The number of rotatable bonds is 7. The zero-order chi connectivity index (χ0) is 19.8. The summed E-state index contributed by atoms with van der Waals surface area (Å²) < 4.78 is 5.34. The van der Waals surface area contributed by atoms with Crippen LogP contribution in [0.3, 0.4) is 0 Å². The van der Waals surface area contributed by atoms with Crippen molar-refractivity contribution in [3.8, 4) is 5.75 Å². The van der Waals surface area contributed by atoms with Crippen molar-refractivity contribution in [3.05, 3.63) is 65.4 Å². The van der Waals surface area contributed by atoms with Crippen LogP contribution in [0.5, 0.6) is 5.75 Å². The number of aromatic amines is 1. The summed E-state index contributed by atoms with van der Waals surface area (Å²) in [7, 11) is 1.71. The lowest BCUT2D eigenvalue weighted by Gasteiger charge is -2.37. The van der Waals surface area contributed by atoms with Crippen molar-refractivity contribution in [1.82, 2.24) is 10.3 Å². The second-order valence-electron chi connectivity index (χ2n) is 8.77. The third-order valence-corrected chi connectivity index (χ3v) is 6.86. The van der Waals surface area contributed by atoms with E-state index in [4.69, 9.17) is 10.5 Å². The summed E-state index contributed by atoms with van der Waals surface area (Å²) in [4.78, 5) is 3.71. The van der Waals surface area contributed by atoms with E-state index in [0.717, 1.165) is 37.6 Å². The van der Waals surface area contributed by atoms with Gasteiger partial charge in [-0.3, -0.25) is 0 Å². The smallest absolute Gasteiger partial charge is 0.118 e. The number of para-hydroxylation sites is 1. The van der Waals surface area contributed by atoms with E-state index in [9.17, 15) is 0 Å². The third kappa shape index (κ3) is 3.67. The number of nitrogens with one attached hydrogen (secondary N) is 2. The van der Waals surface area contributed by atoms with E-state index >= 15 is 0 Å². The van der Waals surface area contributed by atoms with Crippen molar-refractivity contribution in [2.24, 2.45) is 11.7 Å². The van der Waals surface area contributed by atoms with Gasteiger partial charge in [0.25, 0.3) is 0 Å². The second kappa shape index (κ2) is 7.85. The quantitative estimate of drug-likeness (QED) is 0.528. The summed E-state index contributed by atoms with van der Waals surface area (Å²) in [5.41, 5.74) is 12.3. The Kier molecular flexibility index (Phi) is 5.06.